The lowest BCUT2D eigenvalue weighted by atomic mass is 9.98. The van der Waals surface area contributed by atoms with E-state index in [0.717, 1.165) is 24.0 Å². The Labute approximate surface area is 159 Å². The Bertz CT molecular complexity index is 1100. The van der Waals surface area contributed by atoms with E-state index in [-0.39, 0.29) is 10.9 Å². The van der Waals surface area contributed by atoms with Crippen molar-refractivity contribution in [3.8, 4) is 0 Å². The second-order valence-corrected chi connectivity index (χ2v) is 10.3. The quantitative estimate of drug-likeness (QED) is 0.774. The summed E-state index contributed by atoms with van der Waals surface area (Å²) in [4.78, 5) is 0.455. The molecule has 2 aliphatic rings. The lowest BCUT2D eigenvalue weighted by Gasteiger charge is -2.17. The molecule has 0 spiro atoms. The fraction of sp³-hybridized carbons (Fsp3) is 0.263. The molecule has 0 heterocycles. The van der Waals surface area contributed by atoms with Crippen molar-refractivity contribution in [1.82, 2.24) is 4.72 Å². The van der Waals surface area contributed by atoms with Gasteiger partial charge in [0, 0.05) is 11.7 Å². The molecule has 0 aliphatic heterocycles. The molecule has 1 fully saturated rings. The molecule has 2 aromatic rings. The number of rotatable bonds is 6. The molecule has 8 heteroatoms. The fourth-order valence-corrected chi connectivity index (χ4v) is 5.56. The summed E-state index contributed by atoms with van der Waals surface area (Å²) in [5.41, 5.74) is 2.38. The summed E-state index contributed by atoms with van der Waals surface area (Å²) < 4.78 is 54.9. The Hall–Kier alpha value is -2.16. The van der Waals surface area contributed by atoms with Crippen LogP contribution in [0.3, 0.4) is 0 Å². The van der Waals surface area contributed by atoms with Gasteiger partial charge in [-0.3, -0.25) is 4.72 Å². The van der Waals surface area contributed by atoms with E-state index in [0.29, 0.717) is 23.4 Å². The Balaban J connectivity index is 1.52. The van der Waals surface area contributed by atoms with E-state index in [1.165, 1.54) is 24.3 Å². The van der Waals surface area contributed by atoms with Gasteiger partial charge >= 0.3 is 0 Å². The van der Waals surface area contributed by atoms with Crippen LogP contribution in [-0.2, 0) is 26.5 Å². The van der Waals surface area contributed by atoms with E-state index in [4.69, 9.17) is 0 Å². The van der Waals surface area contributed by atoms with Crippen molar-refractivity contribution in [2.24, 2.45) is 0 Å². The lowest BCUT2D eigenvalue weighted by Crippen LogP contribution is -2.25. The van der Waals surface area contributed by atoms with Crippen molar-refractivity contribution in [3.63, 3.8) is 0 Å². The minimum absolute atomic E-state index is 0.0225. The highest BCUT2D eigenvalue weighted by atomic mass is 32.2. The van der Waals surface area contributed by atoms with Gasteiger partial charge in [0.25, 0.3) is 10.0 Å². The molecule has 142 valence electrons. The molecule has 0 unspecified atom stereocenters. The summed E-state index contributed by atoms with van der Waals surface area (Å²) in [5, 5.41) is 0. The zero-order chi connectivity index (χ0) is 19.1. The van der Waals surface area contributed by atoms with E-state index in [1.807, 2.05) is 24.3 Å². The first kappa shape index (κ1) is 18.2. The number of fused-ring (bicyclic) bond motifs is 1. The van der Waals surface area contributed by atoms with Crippen LogP contribution in [0, 0.1) is 0 Å². The van der Waals surface area contributed by atoms with Gasteiger partial charge in [-0.1, -0.05) is 24.3 Å². The van der Waals surface area contributed by atoms with Crippen LogP contribution in [0.5, 0.6) is 0 Å². The molecule has 6 nitrogen and oxygen atoms in total. The van der Waals surface area contributed by atoms with Crippen LogP contribution in [0.15, 0.2) is 58.3 Å². The molecule has 2 aromatic carbocycles. The van der Waals surface area contributed by atoms with Crippen molar-refractivity contribution >= 4 is 31.8 Å². The Morgan fingerprint density at radius 2 is 1.52 bits per heavy atom. The van der Waals surface area contributed by atoms with Gasteiger partial charge in [0.05, 0.1) is 9.80 Å². The summed E-state index contributed by atoms with van der Waals surface area (Å²) in [6.07, 6.45) is 4.52. The molecular weight excluding hydrogens is 384 g/mol. The molecule has 0 aromatic heterocycles. The van der Waals surface area contributed by atoms with Crippen LogP contribution in [0.1, 0.15) is 30.4 Å². The normalized spacial score (nSPS) is 17.1. The van der Waals surface area contributed by atoms with Crippen LogP contribution in [0.25, 0.3) is 6.08 Å². The smallest absolute Gasteiger partial charge is 0.258 e. The van der Waals surface area contributed by atoms with E-state index < -0.39 is 20.0 Å². The van der Waals surface area contributed by atoms with Gasteiger partial charge in [0.15, 0.2) is 0 Å². The predicted molar refractivity (Wildman–Crippen MR) is 105 cm³/mol. The second kappa shape index (κ2) is 6.78. The minimum Gasteiger partial charge on any atom is -0.280 e. The first-order valence-electron chi connectivity index (χ1n) is 8.77. The van der Waals surface area contributed by atoms with Crippen LogP contribution in [-0.4, -0.2) is 22.9 Å². The molecule has 0 bridgehead atoms. The zero-order valence-electron chi connectivity index (χ0n) is 14.6. The lowest BCUT2D eigenvalue weighted by molar-refractivity contribution is 0.581. The monoisotopic (exact) mass is 404 g/mol. The number of benzene rings is 2. The summed E-state index contributed by atoms with van der Waals surface area (Å²) in [6, 6.07) is 13.5. The fourth-order valence-electron chi connectivity index (χ4n) is 3.03. The van der Waals surface area contributed by atoms with Crippen molar-refractivity contribution in [1.29, 1.82) is 0 Å². The van der Waals surface area contributed by atoms with Crippen LogP contribution in [0.4, 0.5) is 5.69 Å². The molecule has 1 saturated carbocycles. The van der Waals surface area contributed by atoms with Crippen molar-refractivity contribution in [2.75, 3.05) is 4.72 Å². The van der Waals surface area contributed by atoms with Crippen molar-refractivity contribution < 1.29 is 16.8 Å². The van der Waals surface area contributed by atoms with Gasteiger partial charge in [0.1, 0.15) is 0 Å². The maximum Gasteiger partial charge on any atom is 0.258 e. The van der Waals surface area contributed by atoms with Gasteiger partial charge in [-0.2, -0.15) is 0 Å². The van der Waals surface area contributed by atoms with Gasteiger partial charge in [-0.25, -0.2) is 21.6 Å². The second-order valence-electron chi connectivity index (χ2n) is 6.83. The largest absolute Gasteiger partial charge is 0.280 e. The third-order valence-corrected chi connectivity index (χ3v) is 7.73. The molecule has 2 N–H and O–H groups in total. The number of hydrogen-bond acceptors (Lipinski definition) is 4. The van der Waals surface area contributed by atoms with Gasteiger partial charge < -0.3 is 0 Å². The highest BCUT2D eigenvalue weighted by molar-refractivity contribution is 7.96. The summed E-state index contributed by atoms with van der Waals surface area (Å²) in [5.74, 6) is 0. The first-order valence-corrected chi connectivity index (χ1v) is 11.7. The average Bonchev–Trinajstić information content (AvgIpc) is 3.45. The summed E-state index contributed by atoms with van der Waals surface area (Å²) >= 11 is 0. The number of hydrogen-bond donors (Lipinski definition) is 2. The molecule has 0 atom stereocenters. The van der Waals surface area contributed by atoms with E-state index in [9.17, 15) is 16.8 Å². The number of sulfonamides is 2. The number of anilines is 1. The molecule has 0 saturated heterocycles. The van der Waals surface area contributed by atoms with Crippen molar-refractivity contribution in [2.45, 2.75) is 36.6 Å². The average molecular weight is 405 g/mol. The summed E-state index contributed by atoms with van der Waals surface area (Å²) in [7, 11) is -7.24. The third-order valence-electron chi connectivity index (χ3n) is 4.67. The van der Waals surface area contributed by atoms with Crippen molar-refractivity contribution in [3.05, 3.63) is 64.6 Å². The van der Waals surface area contributed by atoms with Gasteiger partial charge in [0.2, 0.25) is 10.0 Å². The maximum atomic E-state index is 12.7. The van der Waals surface area contributed by atoms with E-state index in [2.05, 4.69) is 9.44 Å². The SMILES string of the molecule is O=S(=O)(Nc1ccc(S(=O)(=O)NC2CC2)cc1)C1=Cc2ccccc2CC1. The predicted octanol–water partition coefficient (Wildman–Crippen LogP) is 2.86. The molecule has 27 heavy (non-hydrogen) atoms. The minimum atomic E-state index is -3.69. The third kappa shape index (κ3) is 4.07. The number of nitrogens with one attached hydrogen (secondary N) is 2. The van der Waals surface area contributed by atoms with Gasteiger partial charge in [-0.05, 0) is 67.2 Å². The molecule has 0 amide bonds. The molecule has 4 rings (SSSR count). The molecule has 2 aliphatic carbocycles. The van der Waals surface area contributed by atoms with Crippen LogP contribution >= 0.6 is 0 Å². The van der Waals surface area contributed by atoms with E-state index >= 15 is 0 Å². The Morgan fingerprint density at radius 3 is 2.22 bits per heavy atom. The molecular formula is C19H20N2O4S2. The molecule has 0 radical (unpaired) electrons. The topological polar surface area (TPSA) is 92.3 Å². The first-order chi connectivity index (χ1) is 12.8. The standard InChI is InChI=1S/C19H20N2O4S2/c22-26(23,20-16-6-7-16)18-11-8-17(9-12-18)21-27(24,25)19-10-5-14-3-1-2-4-15(14)13-19/h1-4,8-9,11-13,16,20-21H,5-7,10H2. The Morgan fingerprint density at radius 1 is 0.815 bits per heavy atom. The maximum absolute atomic E-state index is 12.7. The van der Waals surface area contributed by atoms with Crippen LogP contribution in [0.2, 0.25) is 0 Å². The number of allylic oxidation sites excluding steroid dienone is 1. The zero-order valence-corrected chi connectivity index (χ0v) is 16.2. The van der Waals surface area contributed by atoms with E-state index in [1.54, 1.807) is 6.08 Å². The number of aryl methyl sites for hydroxylation is 1. The highest BCUT2D eigenvalue weighted by Crippen LogP contribution is 2.28. The van der Waals surface area contributed by atoms with Gasteiger partial charge in [-0.15, -0.1) is 0 Å². The Kier molecular flexibility index (Phi) is 4.57. The highest BCUT2D eigenvalue weighted by Gasteiger charge is 2.28. The summed E-state index contributed by atoms with van der Waals surface area (Å²) in [6.45, 7) is 0. The van der Waals surface area contributed by atoms with Crippen LogP contribution < -0.4 is 9.44 Å².